The molecule has 3 aliphatic rings. The van der Waals surface area contributed by atoms with Crippen molar-refractivity contribution in [2.75, 3.05) is 24.6 Å². The first-order valence-corrected chi connectivity index (χ1v) is 9.65. The van der Waals surface area contributed by atoms with Gasteiger partial charge in [0.1, 0.15) is 12.6 Å². The van der Waals surface area contributed by atoms with E-state index in [2.05, 4.69) is 16.1 Å². The number of anilines is 1. The number of carbonyl (C=O) groups is 4. The Kier molecular flexibility index (Phi) is 5.07. The van der Waals surface area contributed by atoms with Gasteiger partial charge in [0, 0.05) is 25.2 Å². The molecule has 2 fully saturated rings. The molecule has 1 atom stereocenters. The van der Waals surface area contributed by atoms with Crippen LogP contribution < -0.4 is 10.2 Å². The van der Waals surface area contributed by atoms with E-state index in [1.165, 1.54) is 0 Å². The summed E-state index contributed by atoms with van der Waals surface area (Å²) in [5.74, 6) is 0.494. The third kappa shape index (κ3) is 3.49. The van der Waals surface area contributed by atoms with Crippen molar-refractivity contribution in [3.05, 3.63) is 29.3 Å². The Morgan fingerprint density at radius 2 is 1.79 bits per heavy atom. The van der Waals surface area contributed by atoms with Crippen LogP contribution in [0.2, 0.25) is 0 Å². The average molecular weight is 395 g/mol. The zero-order valence-electron chi connectivity index (χ0n) is 15.8. The molecule has 0 aromatic heterocycles. The van der Waals surface area contributed by atoms with Crippen LogP contribution in [0.3, 0.4) is 0 Å². The number of hydrogen-bond donors (Lipinski definition) is 1. The van der Waals surface area contributed by atoms with E-state index in [4.69, 9.17) is 11.2 Å². The minimum atomic E-state index is -0.951. The molecule has 1 N–H and O–H groups in total. The van der Waals surface area contributed by atoms with Crippen molar-refractivity contribution in [1.82, 2.24) is 10.2 Å². The lowest BCUT2D eigenvalue weighted by Gasteiger charge is -2.33. The van der Waals surface area contributed by atoms with Crippen molar-refractivity contribution >= 4 is 29.3 Å². The van der Waals surface area contributed by atoms with Crippen LogP contribution in [0.4, 0.5) is 5.69 Å². The molecule has 0 bridgehead atoms. The van der Waals surface area contributed by atoms with Gasteiger partial charge >= 0.3 is 0 Å². The van der Waals surface area contributed by atoms with Gasteiger partial charge in [-0.15, -0.1) is 6.42 Å². The van der Waals surface area contributed by atoms with Crippen molar-refractivity contribution < 1.29 is 23.9 Å². The fourth-order valence-electron chi connectivity index (χ4n) is 4.10. The molecule has 2 saturated heterocycles. The number of rotatable bonds is 4. The number of imide groups is 2. The fourth-order valence-corrected chi connectivity index (χ4v) is 4.10. The number of benzene rings is 1. The first-order chi connectivity index (χ1) is 14.0. The molecule has 0 spiro atoms. The first kappa shape index (κ1) is 19.2. The van der Waals surface area contributed by atoms with E-state index >= 15 is 0 Å². The standard InChI is InChI=1S/C21H21N3O5/c1-2-11-29-14-7-9-23(10-8-14)13-3-4-15-16(12-13)21(28)24(20(15)27)17-5-6-18(25)22-19(17)26/h1,3-4,12,14,17H,5-11H2,(H,22,25,26). The fraction of sp³-hybridized carbons (Fsp3) is 0.429. The van der Waals surface area contributed by atoms with Crippen LogP contribution in [0, 0.1) is 12.3 Å². The second-order valence-electron chi connectivity index (χ2n) is 7.38. The number of piperidine rings is 2. The van der Waals surface area contributed by atoms with E-state index in [0.29, 0.717) is 12.2 Å². The second kappa shape index (κ2) is 7.68. The molecule has 8 nitrogen and oxygen atoms in total. The summed E-state index contributed by atoms with van der Waals surface area (Å²) >= 11 is 0. The van der Waals surface area contributed by atoms with Crippen LogP contribution in [0.15, 0.2) is 18.2 Å². The third-order valence-corrected chi connectivity index (χ3v) is 5.63. The van der Waals surface area contributed by atoms with Crippen molar-refractivity contribution in [2.45, 2.75) is 37.8 Å². The Hall–Kier alpha value is -3.18. The Morgan fingerprint density at radius 1 is 1.07 bits per heavy atom. The van der Waals surface area contributed by atoms with Crippen LogP contribution >= 0.6 is 0 Å². The highest BCUT2D eigenvalue weighted by atomic mass is 16.5. The minimum Gasteiger partial charge on any atom is -0.371 e. The topological polar surface area (TPSA) is 96.0 Å². The third-order valence-electron chi connectivity index (χ3n) is 5.63. The second-order valence-corrected chi connectivity index (χ2v) is 7.38. The molecule has 3 aliphatic heterocycles. The van der Waals surface area contributed by atoms with Crippen LogP contribution in [0.5, 0.6) is 0 Å². The zero-order chi connectivity index (χ0) is 20.5. The van der Waals surface area contributed by atoms with Gasteiger partial charge < -0.3 is 9.64 Å². The molecule has 4 amide bonds. The molecule has 4 rings (SSSR count). The predicted octanol–water partition coefficient (Wildman–Crippen LogP) is 0.706. The highest BCUT2D eigenvalue weighted by Crippen LogP contribution is 2.31. The normalized spacial score (nSPS) is 22.5. The molecule has 1 aromatic rings. The van der Waals surface area contributed by atoms with Crippen molar-refractivity contribution in [3.63, 3.8) is 0 Å². The van der Waals surface area contributed by atoms with Crippen molar-refractivity contribution in [2.24, 2.45) is 0 Å². The molecule has 0 saturated carbocycles. The van der Waals surface area contributed by atoms with Crippen molar-refractivity contribution in [3.8, 4) is 12.3 Å². The molecular weight excluding hydrogens is 374 g/mol. The predicted molar refractivity (Wildman–Crippen MR) is 103 cm³/mol. The molecular formula is C21H21N3O5. The van der Waals surface area contributed by atoms with Gasteiger partial charge in [-0.3, -0.25) is 29.4 Å². The van der Waals surface area contributed by atoms with E-state index in [9.17, 15) is 19.2 Å². The maximum absolute atomic E-state index is 12.9. The Morgan fingerprint density at radius 3 is 2.48 bits per heavy atom. The van der Waals surface area contributed by atoms with Gasteiger partial charge in [0.15, 0.2) is 0 Å². The van der Waals surface area contributed by atoms with Crippen LogP contribution in [-0.2, 0) is 14.3 Å². The largest absolute Gasteiger partial charge is 0.371 e. The molecule has 1 unspecified atom stereocenters. The number of amides is 4. The number of terminal acetylenes is 1. The summed E-state index contributed by atoms with van der Waals surface area (Å²) < 4.78 is 5.59. The number of hydrogen-bond acceptors (Lipinski definition) is 6. The molecule has 29 heavy (non-hydrogen) atoms. The number of fused-ring (bicyclic) bond motifs is 1. The first-order valence-electron chi connectivity index (χ1n) is 9.65. The van der Waals surface area contributed by atoms with Crippen LogP contribution in [-0.4, -0.2) is 60.4 Å². The smallest absolute Gasteiger partial charge is 0.262 e. The van der Waals surface area contributed by atoms with Crippen LogP contribution in [0.1, 0.15) is 46.4 Å². The summed E-state index contributed by atoms with van der Waals surface area (Å²) in [5.41, 5.74) is 1.43. The zero-order valence-corrected chi connectivity index (χ0v) is 15.8. The lowest BCUT2D eigenvalue weighted by Crippen LogP contribution is -2.54. The SMILES string of the molecule is C#CCOC1CCN(c2ccc3c(c2)C(=O)N(C2CCC(=O)NC2=O)C3=O)CC1. The lowest BCUT2D eigenvalue weighted by molar-refractivity contribution is -0.136. The van der Waals surface area contributed by atoms with E-state index in [1.54, 1.807) is 12.1 Å². The average Bonchev–Trinajstić information content (AvgIpc) is 2.97. The number of nitrogens with one attached hydrogen (secondary N) is 1. The number of nitrogens with zero attached hydrogens (tertiary/aromatic N) is 2. The molecule has 1 aromatic carbocycles. The molecule has 150 valence electrons. The summed E-state index contributed by atoms with van der Waals surface area (Å²) in [7, 11) is 0. The minimum absolute atomic E-state index is 0.103. The summed E-state index contributed by atoms with van der Waals surface area (Å²) in [6.07, 6.45) is 7.26. The van der Waals surface area contributed by atoms with E-state index in [-0.39, 0.29) is 30.4 Å². The highest BCUT2D eigenvalue weighted by molar-refractivity contribution is 6.23. The quantitative estimate of drug-likeness (QED) is 0.596. The van der Waals surface area contributed by atoms with Crippen molar-refractivity contribution in [1.29, 1.82) is 0 Å². The van der Waals surface area contributed by atoms with E-state index < -0.39 is 23.8 Å². The summed E-state index contributed by atoms with van der Waals surface area (Å²) in [5, 5.41) is 2.20. The monoisotopic (exact) mass is 395 g/mol. The lowest BCUT2D eigenvalue weighted by atomic mass is 10.0. The van der Waals surface area contributed by atoms with E-state index in [1.807, 2.05) is 6.07 Å². The molecule has 0 radical (unpaired) electrons. The van der Waals surface area contributed by atoms with Gasteiger partial charge in [0.05, 0.1) is 17.2 Å². The molecule has 8 heteroatoms. The number of carbonyl (C=O) groups excluding carboxylic acids is 4. The maximum Gasteiger partial charge on any atom is 0.262 e. The Balaban J connectivity index is 1.50. The summed E-state index contributed by atoms with van der Waals surface area (Å²) in [4.78, 5) is 52.3. The van der Waals surface area contributed by atoms with Gasteiger partial charge in [-0.2, -0.15) is 0 Å². The van der Waals surface area contributed by atoms with Gasteiger partial charge in [-0.05, 0) is 37.5 Å². The molecule has 3 heterocycles. The van der Waals surface area contributed by atoms with Gasteiger partial charge in [0.2, 0.25) is 11.8 Å². The Labute approximate surface area is 168 Å². The van der Waals surface area contributed by atoms with Crippen LogP contribution in [0.25, 0.3) is 0 Å². The van der Waals surface area contributed by atoms with Gasteiger partial charge in [-0.25, -0.2) is 0 Å². The van der Waals surface area contributed by atoms with Gasteiger partial charge in [0.25, 0.3) is 11.8 Å². The number of ether oxygens (including phenoxy) is 1. The summed E-state index contributed by atoms with van der Waals surface area (Å²) in [6, 6.07) is 4.22. The highest BCUT2D eigenvalue weighted by Gasteiger charge is 2.44. The molecule has 0 aliphatic carbocycles. The summed E-state index contributed by atoms with van der Waals surface area (Å²) in [6.45, 7) is 1.82. The van der Waals surface area contributed by atoms with Gasteiger partial charge in [-0.1, -0.05) is 5.92 Å². The Bertz CT molecular complexity index is 927. The maximum atomic E-state index is 12.9. The van der Waals surface area contributed by atoms with E-state index in [0.717, 1.165) is 36.5 Å².